The summed E-state index contributed by atoms with van der Waals surface area (Å²) in [7, 11) is 0. The van der Waals surface area contributed by atoms with Crippen LogP contribution in [0.3, 0.4) is 0 Å². The van der Waals surface area contributed by atoms with E-state index in [9.17, 15) is 0 Å². The molecule has 1 saturated heterocycles. The molecule has 1 fully saturated rings. The third-order valence-electron chi connectivity index (χ3n) is 5.27. The molecule has 3 heteroatoms. The van der Waals surface area contributed by atoms with E-state index >= 15 is 0 Å². The fourth-order valence-electron chi connectivity index (χ4n) is 4.23. The molecular weight excluding hydrogens is 272 g/mol. The fourth-order valence-corrected chi connectivity index (χ4v) is 4.23. The van der Waals surface area contributed by atoms with E-state index < -0.39 is 0 Å². The number of nitrogens with zero attached hydrogens (tertiary/aromatic N) is 2. The molecule has 0 amide bonds. The highest BCUT2D eigenvalue weighted by Gasteiger charge is 2.30. The molecule has 0 unspecified atom stereocenters. The number of fused-ring (bicyclic) bond motifs is 5. The molecule has 2 aromatic rings. The molecule has 0 spiro atoms. The number of aryl methyl sites for hydroxylation is 1. The number of hydrogen-bond donors (Lipinski definition) is 0. The van der Waals surface area contributed by atoms with Gasteiger partial charge < -0.3 is 9.64 Å². The van der Waals surface area contributed by atoms with Crippen molar-refractivity contribution in [1.82, 2.24) is 4.98 Å². The Labute approximate surface area is 130 Å². The van der Waals surface area contributed by atoms with E-state index in [1.54, 1.807) is 0 Å². The van der Waals surface area contributed by atoms with Crippen molar-refractivity contribution in [3.8, 4) is 17.0 Å². The summed E-state index contributed by atoms with van der Waals surface area (Å²) in [6, 6.07) is 8.87. The molecule has 1 aromatic carbocycles. The summed E-state index contributed by atoms with van der Waals surface area (Å²) in [6.45, 7) is 3.06. The Kier molecular flexibility index (Phi) is 2.69. The van der Waals surface area contributed by atoms with Gasteiger partial charge in [0.05, 0.1) is 6.61 Å². The predicted molar refractivity (Wildman–Crippen MR) is 87.7 cm³/mol. The topological polar surface area (TPSA) is 25.4 Å². The van der Waals surface area contributed by atoms with E-state index in [0.29, 0.717) is 0 Å². The van der Waals surface area contributed by atoms with Crippen LogP contribution in [0.15, 0.2) is 24.3 Å². The molecular formula is C19H20N2O. The van der Waals surface area contributed by atoms with E-state index in [2.05, 4.69) is 29.2 Å². The lowest BCUT2D eigenvalue weighted by Gasteiger charge is -2.28. The molecule has 112 valence electrons. The SMILES string of the molecule is c1ccc2c(c1)CCc1c(N3CCCC3)nc3c(c1-2)CCO3. The summed E-state index contributed by atoms with van der Waals surface area (Å²) in [5.74, 6) is 2.08. The fraction of sp³-hybridized carbons (Fsp3) is 0.421. The van der Waals surface area contributed by atoms with E-state index in [1.807, 2.05) is 0 Å². The highest BCUT2D eigenvalue weighted by atomic mass is 16.5. The third-order valence-corrected chi connectivity index (χ3v) is 5.27. The smallest absolute Gasteiger partial charge is 0.219 e. The molecule has 0 N–H and O–H groups in total. The minimum Gasteiger partial charge on any atom is -0.477 e. The maximum atomic E-state index is 5.84. The van der Waals surface area contributed by atoms with Gasteiger partial charge in [0, 0.05) is 30.6 Å². The Morgan fingerprint density at radius 3 is 2.73 bits per heavy atom. The van der Waals surface area contributed by atoms with Crippen molar-refractivity contribution in [2.75, 3.05) is 24.6 Å². The van der Waals surface area contributed by atoms with Crippen molar-refractivity contribution in [3.63, 3.8) is 0 Å². The molecule has 3 nitrogen and oxygen atoms in total. The van der Waals surface area contributed by atoms with Crippen LogP contribution in [0.1, 0.15) is 29.5 Å². The number of ether oxygens (including phenoxy) is 1. The zero-order valence-corrected chi connectivity index (χ0v) is 12.8. The molecule has 3 aliphatic rings. The molecule has 3 heterocycles. The zero-order chi connectivity index (χ0) is 14.5. The van der Waals surface area contributed by atoms with Gasteiger partial charge in [-0.2, -0.15) is 4.98 Å². The first kappa shape index (κ1) is 12.5. The van der Waals surface area contributed by atoms with Crippen LogP contribution < -0.4 is 9.64 Å². The summed E-state index contributed by atoms with van der Waals surface area (Å²) in [5, 5.41) is 0. The average molecular weight is 292 g/mol. The van der Waals surface area contributed by atoms with E-state index in [0.717, 1.165) is 44.8 Å². The van der Waals surface area contributed by atoms with Gasteiger partial charge in [-0.05, 0) is 42.4 Å². The van der Waals surface area contributed by atoms with Gasteiger partial charge >= 0.3 is 0 Å². The van der Waals surface area contributed by atoms with Gasteiger partial charge in [-0.1, -0.05) is 24.3 Å². The Morgan fingerprint density at radius 1 is 0.955 bits per heavy atom. The minimum atomic E-state index is 0.778. The Hall–Kier alpha value is -2.03. The van der Waals surface area contributed by atoms with Crippen LogP contribution in [0.4, 0.5) is 5.82 Å². The number of rotatable bonds is 1. The largest absolute Gasteiger partial charge is 0.477 e. The van der Waals surface area contributed by atoms with E-state index in [1.165, 1.54) is 46.5 Å². The van der Waals surface area contributed by atoms with Crippen molar-refractivity contribution in [3.05, 3.63) is 41.0 Å². The number of hydrogen-bond acceptors (Lipinski definition) is 3. The number of aromatic nitrogens is 1. The number of anilines is 1. The maximum Gasteiger partial charge on any atom is 0.219 e. The first-order chi connectivity index (χ1) is 10.9. The van der Waals surface area contributed by atoms with Crippen LogP contribution in [-0.4, -0.2) is 24.7 Å². The van der Waals surface area contributed by atoms with Crippen molar-refractivity contribution < 1.29 is 4.74 Å². The van der Waals surface area contributed by atoms with Crippen LogP contribution in [0.25, 0.3) is 11.1 Å². The van der Waals surface area contributed by atoms with Crippen molar-refractivity contribution in [2.24, 2.45) is 0 Å². The minimum absolute atomic E-state index is 0.778. The summed E-state index contributed by atoms with van der Waals surface area (Å²) >= 11 is 0. The second kappa shape index (κ2) is 4.73. The van der Waals surface area contributed by atoms with Crippen molar-refractivity contribution in [1.29, 1.82) is 0 Å². The van der Waals surface area contributed by atoms with Gasteiger partial charge in [0.25, 0.3) is 0 Å². The molecule has 0 bridgehead atoms. The molecule has 22 heavy (non-hydrogen) atoms. The lowest BCUT2D eigenvalue weighted by molar-refractivity contribution is 0.345. The predicted octanol–water partition coefficient (Wildman–Crippen LogP) is 3.38. The Bertz CT molecular complexity index is 747. The molecule has 1 aromatic heterocycles. The molecule has 0 radical (unpaired) electrons. The number of pyridine rings is 1. The van der Waals surface area contributed by atoms with Crippen LogP contribution in [0.2, 0.25) is 0 Å². The third kappa shape index (κ3) is 1.71. The highest BCUT2D eigenvalue weighted by molar-refractivity contribution is 5.82. The molecule has 1 aliphatic carbocycles. The summed E-state index contributed by atoms with van der Waals surface area (Å²) < 4.78 is 5.84. The second-order valence-electron chi connectivity index (χ2n) is 6.52. The van der Waals surface area contributed by atoms with Crippen LogP contribution >= 0.6 is 0 Å². The lowest BCUT2D eigenvalue weighted by Crippen LogP contribution is -2.23. The van der Waals surface area contributed by atoms with Crippen molar-refractivity contribution in [2.45, 2.75) is 32.1 Å². The first-order valence-electron chi connectivity index (χ1n) is 8.43. The van der Waals surface area contributed by atoms with Gasteiger partial charge in [0.1, 0.15) is 5.82 Å². The van der Waals surface area contributed by atoms with E-state index in [-0.39, 0.29) is 0 Å². The van der Waals surface area contributed by atoms with E-state index in [4.69, 9.17) is 9.72 Å². The molecule has 2 aliphatic heterocycles. The average Bonchev–Trinajstić information content (AvgIpc) is 3.24. The number of benzene rings is 1. The van der Waals surface area contributed by atoms with Gasteiger partial charge in [0.2, 0.25) is 5.88 Å². The van der Waals surface area contributed by atoms with Gasteiger partial charge in [0.15, 0.2) is 0 Å². The molecule has 5 rings (SSSR count). The zero-order valence-electron chi connectivity index (χ0n) is 12.8. The standard InChI is InChI=1S/C19H20N2O/c1-2-6-14-13(5-1)7-8-15-17(14)16-9-12-22-19(16)20-18(15)21-10-3-4-11-21/h1-2,5-6H,3-4,7-12H2. The van der Waals surface area contributed by atoms with Gasteiger partial charge in [-0.15, -0.1) is 0 Å². The lowest BCUT2D eigenvalue weighted by atomic mass is 9.83. The molecule has 0 atom stereocenters. The van der Waals surface area contributed by atoms with Gasteiger partial charge in [-0.3, -0.25) is 0 Å². The summed E-state index contributed by atoms with van der Waals surface area (Å²) in [6.07, 6.45) is 5.80. The Morgan fingerprint density at radius 2 is 1.82 bits per heavy atom. The maximum absolute atomic E-state index is 5.84. The monoisotopic (exact) mass is 292 g/mol. The van der Waals surface area contributed by atoms with Crippen molar-refractivity contribution >= 4 is 5.82 Å². The Balaban J connectivity index is 1.78. The second-order valence-corrected chi connectivity index (χ2v) is 6.52. The summed E-state index contributed by atoms with van der Waals surface area (Å²) in [4.78, 5) is 7.39. The van der Waals surface area contributed by atoms with Crippen LogP contribution in [0, 0.1) is 0 Å². The molecule has 0 saturated carbocycles. The summed E-state index contributed by atoms with van der Waals surface area (Å²) in [5.41, 5.74) is 7.12. The van der Waals surface area contributed by atoms with Crippen LogP contribution in [0.5, 0.6) is 5.88 Å². The highest BCUT2D eigenvalue weighted by Crippen LogP contribution is 2.45. The first-order valence-corrected chi connectivity index (χ1v) is 8.43. The van der Waals surface area contributed by atoms with Crippen LogP contribution in [-0.2, 0) is 19.3 Å². The normalized spacial score (nSPS) is 18.6. The van der Waals surface area contributed by atoms with Gasteiger partial charge in [-0.25, -0.2) is 0 Å². The quantitative estimate of drug-likeness (QED) is 0.805.